The van der Waals surface area contributed by atoms with Crippen molar-refractivity contribution in [2.24, 2.45) is 0 Å². The zero-order chi connectivity index (χ0) is 16.2. The molecule has 3 rings (SSSR count). The first kappa shape index (κ1) is 15.3. The molecule has 0 aliphatic heterocycles. The van der Waals surface area contributed by atoms with Gasteiger partial charge in [0.2, 0.25) is 0 Å². The maximum absolute atomic E-state index is 9.56. The molecule has 4 heteroatoms. The van der Waals surface area contributed by atoms with Crippen LogP contribution in [-0.4, -0.2) is 29.8 Å². The Morgan fingerprint density at radius 1 is 1.13 bits per heavy atom. The second-order valence-corrected chi connectivity index (χ2v) is 5.53. The molecular formula is C19H20N2O2. The molecule has 0 unspecified atom stereocenters. The van der Waals surface area contributed by atoms with Crippen molar-refractivity contribution < 1.29 is 9.84 Å². The molecule has 0 aliphatic carbocycles. The van der Waals surface area contributed by atoms with Crippen LogP contribution in [0.25, 0.3) is 22.2 Å². The lowest BCUT2D eigenvalue weighted by Crippen LogP contribution is -2.15. The van der Waals surface area contributed by atoms with Gasteiger partial charge in [0.05, 0.1) is 24.4 Å². The summed E-state index contributed by atoms with van der Waals surface area (Å²) in [6.45, 7) is 2.25. The van der Waals surface area contributed by atoms with Crippen molar-refractivity contribution in [3.8, 4) is 17.0 Å². The van der Waals surface area contributed by atoms with E-state index in [0.29, 0.717) is 6.54 Å². The molecule has 1 aromatic heterocycles. The maximum atomic E-state index is 9.56. The zero-order valence-electron chi connectivity index (χ0n) is 13.3. The predicted molar refractivity (Wildman–Crippen MR) is 93.9 cm³/mol. The van der Waals surface area contributed by atoms with E-state index in [9.17, 15) is 5.11 Å². The van der Waals surface area contributed by atoms with Crippen LogP contribution in [0.3, 0.4) is 0 Å². The van der Waals surface area contributed by atoms with Gasteiger partial charge < -0.3 is 15.2 Å². The highest BCUT2D eigenvalue weighted by Crippen LogP contribution is 2.30. The van der Waals surface area contributed by atoms with E-state index in [-0.39, 0.29) is 0 Å². The predicted octanol–water partition coefficient (Wildman–Crippen LogP) is 3.70. The van der Waals surface area contributed by atoms with Crippen LogP contribution in [0.1, 0.15) is 6.92 Å². The summed E-state index contributed by atoms with van der Waals surface area (Å²) < 4.78 is 5.31. The molecular weight excluding hydrogens is 288 g/mol. The first-order valence-corrected chi connectivity index (χ1v) is 7.63. The van der Waals surface area contributed by atoms with E-state index in [2.05, 4.69) is 5.32 Å². The highest BCUT2D eigenvalue weighted by atomic mass is 16.5. The monoisotopic (exact) mass is 308 g/mol. The van der Waals surface area contributed by atoms with E-state index in [1.165, 1.54) is 0 Å². The summed E-state index contributed by atoms with van der Waals surface area (Å²) in [6, 6.07) is 17.9. The van der Waals surface area contributed by atoms with Crippen LogP contribution in [0.2, 0.25) is 0 Å². The van der Waals surface area contributed by atoms with Gasteiger partial charge in [0, 0.05) is 29.2 Å². The average Bonchev–Trinajstić information content (AvgIpc) is 2.59. The fourth-order valence-corrected chi connectivity index (χ4v) is 2.50. The summed E-state index contributed by atoms with van der Waals surface area (Å²) in [5, 5.41) is 13.9. The molecule has 0 amide bonds. The van der Waals surface area contributed by atoms with Crippen molar-refractivity contribution in [2.75, 3.05) is 19.0 Å². The Hall–Kier alpha value is -2.59. The van der Waals surface area contributed by atoms with Crippen molar-refractivity contribution in [2.45, 2.75) is 13.0 Å². The Balaban J connectivity index is 2.13. The number of fused-ring (bicyclic) bond motifs is 1. The van der Waals surface area contributed by atoms with E-state index in [1.807, 2.05) is 54.6 Å². The number of aliphatic hydroxyl groups is 1. The van der Waals surface area contributed by atoms with E-state index in [4.69, 9.17) is 9.72 Å². The first-order chi connectivity index (χ1) is 11.2. The SMILES string of the molecule is COc1ccc2c(NC[C@H](C)O)cc(-c3ccccc3)nc2c1. The number of ether oxygens (including phenoxy) is 1. The second kappa shape index (κ2) is 6.67. The van der Waals surface area contributed by atoms with Crippen molar-refractivity contribution in [3.63, 3.8) is 0 Å². The van der Waals surface area contributed by atoms with Crippen LogP contribution >= 0.6 is 0 Å². The van der Waals surface area contributed by atoms with Crippen LogP contribution in [0.5, 0.6) is 5.75 Å². The molecule has 0 spiro atoms. The van der Waals surface area contributed by atoms with Gasteiger partial charge in [-0.05, 0) is 25.1 Å². The quantitative estimate of drug-likeness (QED) is 0.754. The molecule has 118 valence electrons. The maximum Gasteiger partial charge on any atom is 0.121 e. The van der Waals surface area contributed by atoms with Crippen LogP contribution < -0.4 is 10.1 Å². The van der Waals surface area contributed by atoms with Gasteiger partial charge in [0.15, 0.2) is 0 Å². The van der Waals surface area contributed by atoms with E-state index in [0.717, 1.165) is 33.6 Å². The van der Waals surface area contributed by atoms with Gasteiger partial charge >= 0.3 is 0 Å². The summed E-state index contributed by atoms with van der Waals surface area (Å²) in [5.41, 5.74) is 3.76. The Morgan fingerprint density at radius 3 is 2.61 bits per heavy atom. The highest BCUT2D eigenvalue weighted by Gasteiger charge is 2.09. The molecule has 1 atom stereocenters. The molecule has 2 aromatic carbocycles. The van der Waals surface area contributed by atoms with E-state index in [1.54, 1.807) is 14.0 Å². The Bertz CT molecular complexity index is 801. The van der Waals surface area contributed by atoms with Gasteiger partial charge in [0.1, 0.15) is 5.75 Å². The van der Waals surface area contributed by atoms with Crippen LogP contribution in [-0.2, 0) is 0 Å². The number of benzene rings is 2. The van der Waals surface area contributed by atoms with Gasteiger partial charge in [-0.3, -0.25) is 0 Å². The number of pyridine rings is 1. The van der Waals surface area contributed by atoms with Gasteiger partial charge in [-0.2, -0.15) is 0 Å². The van der Waals surface area contributed by atoms with Crippen LogP contribution in [0, 0.1) is 0 Å². The van der Waals surface area contributed by atoms with Gasteiger partial charge in [0.25, 0.3) is 0 Å². The van der Waals surface area contributed by atoms with Crippen LogP contribution in [0.4, 0.5) is 5.69 Å². The largest absolute Gasteiger partial charge is 0.497 e. The van der Waals surface area contributed by atoms with Crippen molar-refractivity contribution >= 4 is 16.6 Å². The highest BCUT2D eigenvalue weighted by molar-refractivity contribution is 5.94. The topological polar surface area (TPSA) is 54.4 Å². The number of hydrogen-bond donors (Lipinski definition) is 2. The minimum atomic E-state index is -0.420. The number of nitrogens with zero attached hydrogens (tertiary/aromatic N) is 1. The van der Waals surface area contributed by atoms with Crippen molar-refractivity contribution in [1.82, 2.24) is 4.98 Å². The molecule has 2 N–H and O–H groups in total. The van der Waals surface area contributed by atoms with Crippen LogP contribution in [0.15, 0.2) is 54.6 Å². The molecule has 23 heavy (non-hydrogen) atoms. The molecule has 0 radical (unpaired) electrons. The molecule has 0 saturated heterocycles. The lowest BCUT2D eigenvalue weighted by Gasteiger charge is -2.14. The molecule has 4 nitrogen and oxygen atoms in total. The summed E-state index contributed by atoms with van der Waals surface area (Å²) in [6.07, 6.45) is -0.420. The Morgan fingerprint density at radius 2 is 1.91 bits per heavy atom. The number of rotatable bonds is 5. The Labute approximate surface area is 135 Å². The second-order valence-electron chi connectivity index (χ2n) is 5.53. The lowest BCUT2D eigenvalue weighted by molar-refractivity contribution is 0.208. The third kappa shape index (κ3) is 3.43. The number of hydrogen-bond acceptors (Lipinski definition) is 4. The third-order valence-corrected chi connectivity index (χ3v) is 3.67. The molecule has 3 aromatic rings. The number of nitrogens with one attached hydrogen (secondary N) is 1. The van der Waals surface area contributed by atoms with Gasteiger partial charge in [-0.15, -0.1) is 0 Å². The zero-order valence-corrected chi connectivity index (χ0v) is 13.3. The number of aromatic nitrogens is 1. The molecule has 0 fully saturated rings. The van der Waals surface area contributed by atoms with Gasteiger partial charge in [-0.25, -0.2) is 4.98 Å². The van der Waals surface area contributed by atoms with Crippen molar-refractivity contribution in [3.05, 3.63) is 54.6 Å². The fraction of sp³-hybridized carbons (Fsp3) is 0.211. The fourth-order valence-electron chi connectivity index (χ4n) is 2.50. The molecule has 1 heterocycles. The average molecular weight is 308 g/mol. The van der Waals surface area contributed by atoms with Gasteiger partial charge in [-0.1, -0.05) is 30.3 Å². The summed E-state index contributed by atoms with van der Waals surface area (Å²) >= 11 is 0. The van der Waals surface area contributed by atoms with E-state index >= 15 is 0 Å². The lowest BCUT2D eigenvalue weighted by atomic mass is 10.1. The Kier molecular flexibility index (Phi) is 4.44. The normalized spacial score (nSPS) is 12.1. The number of methoxy groups -OCH3 is 1. The number of aliphatic hydroxyl groups excluding tert-OH is 1. The minimum absolute atomic E-state index is 0.420. The summed E-state index contributed by atoms with van der Waals surface area (Å²) in [7, 11) is 1.65. The molecule has 0 bridgehead atoms. The summed E-state index contributed by atoms with van der Waals surface area (Å²) in [4.78, 5) is 4.76. The van der Waals surface area contributed by atoms with E-state index < -0.39 is 6.10 Å². The summed E-state index contributed by atoms with van der Waals surface area (Å²) in [5.74, 6) is 0.775. The standard InChI is InChI=1S/C19H20N2O2/c1-13(22)12-20-18-11-17(14-6-4-3-5-7-14)21-19-10-15(23-2)8-9-16(18)19/h3-11,13,22H,12H2,1-2H3,(H,20,21)/t13-/m0/s1. The first-order valence-electron chi connectivity index (χ1n) is 7.63. The smallest absolute Gasteiger partial charge is 0.121 e. The molecule has 0 saturated carbocycles. The van der Waals surface area contributed by atoms with Crippen molar-refractivity contribution in [1.29, 1.82) is 0 Å². The minimum Gasteiger partial charge on any atom is -0.497 e. The molecule has 0 aliphatic rings. The third-order valence-electron chi connectivity index (χ3n) is 3.67. The number of anilines is 1.